The van der Waals surface area contributed by atoms with Crippen molar-refractivity contribution in [2.24, 2.45) is 0 Å². The fraction of sp³-hybridized carbons (Fsp3) is 0.444. The summed E-state index contributed by atoms with van der Waals surface area (Å²) < 4.78 is 1.61. The molecule has 0 saturated heterocycles. The van der Waals surface area contributed by atoms with E-state index in [-0.39, 0.29) is 29.1 Å². The molecule has 0 unspecified atom stereocenters. The van der Waals surface area contributed by atoms with Crippen LogP contribution in [0.4, 0.5) is 0 Å². The predicted molar refractivity (Wildman–Crippen MR) is 141 cm³/mol. The van der Waals surface area contributed by atoms with E-state index in [9.17, 15) is 15.0 Å². The average Bonchev–Trinajstić information content (AvgIpc) is 3.28. The summed E-state index contributed by atoms with van der Waals surface area (Å²) in [5, 5.41) is 31.6. The normalized spacial score (nSPS) is 9.62. The number of nitrogens with zero attached hydrogens (tertiary/aromatic N) is 3. The van der Waals surface area contributed by atoms with Crippen LogP contribution in [0.2, 0.25) is 0 Å². The van der Waals surface area contributed by atoms with Gasteiger partial charge in [-0.25, -0.2) is 0 Å². The molecule has 0 fully saturated rings. The number of aryl methyl sites for hydroxylation is 1. The molecular weight excluding hydrogens is 428 g/mol. The van der Waals surface area contributed by atoms with Gasteiger partial charge in [0.05, 0.1) is 5.56 Å². The van der Waals surface area contributed by atoms with E-state index in [2.05, 4.69) is 15.5 Å². The number of aromatic nitrogens is 3. The number of nitrogens with one attached hydrogen (secondary N) is 1. The molecule has 0 bridgehead atoms. The number of aromatic hydroxyl groups is 2. The predicted octanol–water partition coefficient (Wildman–Crippen LogP) is 6.61. The molecule has 0 aliphatic rings. The van der Waals surface area contributed by atoms with Crippen molar-refractivity contribution in [1.82, 2.24) is 20.1 Å². The molecule has 3 aromatic rings. The summed E-state index contributed by atoms with van der Waals surface area (Å²) >= 11 is 0. The molecule has 0 atom stereocenters. The Hall–Kier alpha value is -3.35. The maximum absolute atomic E-state index is 12.5. The molecule has 34 heavy (non-hydrogen) atoms. The van der Waals surface area contributed by atoms with Crippen LogP contribution in [0.1, 0.15) is 90.0 Å². The van der Waals surface area contributed by atoms with Gasteiger partial charge in [0.25, 0.3) is 5.91 Å². The molecule has 1 heterocycles. The molecular formula is C27H42N4O3. The lowest BCUT2D eigenvalue weighted by Crippen LogP contribution is -2.26. The van der Waals surface area contributed by atoms with E-state index in [4.69, 9.17) is 0 Å². The second-order valence-electron chi connectivity index (χ2n) is 6.96. The van der Waals surface area contributed by atoms with Gasteiger partial charge in [-0.3, -0.25) is 9.36 Å². The molecule has 3 rings (SSSR count). The largest absolute Gasteiger partial charge is 0.508 e. The zero-order chi connectivity index (χ0) is 26.4. The van der Waals surface area contributed by atoms with Gasteiger partial charge in [0.1, 0.15) is 11.5 Å². The lowest BCUT2D eigenvalue weighted by Gasteiger charge is -2.14. The van der Waals surface area contributed by atoms with Gasteiger partial charge in [-0.15, -0.1) is 10.2 Å². The average molecular weight is 471 g/mol. The van der Waals surface area contributed by atoms with Crippen molar-refractivity contribution in [2.75, 3.05) is 6.54 Å². The topological polar surface area (TPSA) is 100 Å². The van der Waals surface area contributed by atoms with Crippen LogP contribution in [0.15, 0.2) is 36.4 Å². The molecule has 0 saturated carbocycles. The van der Waals surface area contributed by atoms with E-state index >= 15 is 0 Å². The Morgan fingerprint density at radius 3 is 2.00 bits per heavy atom. The Bertz CT molecular complexity index is 1010. The lowest BCUT2D eigenvalue weighted by atomic mass is 9.98. The second-order valence-corrected chi connectivity index (χ2v) is 6.96. The summed E-state index contributed by atoms with van der Waals surface area (Å²) in [4.78, 5) is 12.5. The standard InChI is InChI=1S/C21H24N4O3.3C2H6/c1-5-22-21(28)20-24-23-19(25(20)14-8-6-13(4)7-9-14)16-10-15(12(2)3)17(26)11-18(16)27;3*1-2/h6-12,26-27H,5H2,1-4H3,(H,22,28);3*1-2H3. The first-order valence-electron chi connectivity index (χ1n) is 12.2. The van der Waals surface area contributed by atoms with Crippen LogP contribution in [-0.4, -0.2) is 37.4 Å². The first-order valence-corrected chi connectivity index (χ1v) is 12.2. The van der Waals surface area contributed by atoms with Crippen LogP contribution in [-0.2, 0) is 0 Å². The third kappa shape index (κ3) is 7.33. The smallest absolute Gasteiger partial charge is 0.289 e. The summed E-state index contributed by atoms with van der Waals surface area (Å²) in [5.74, 6) is 0.0117. The molecule has 0 aliphatic carbocycles. The summed E-state index contributed by atoms with van der Waals surface area (Å²) in [5.41, 5.74) is 2.84. The molecule has 7 heteroatoms. The highest BCUT2D eigenvalue weighted by atomic mass is 16.3. The van der Waals surface area contributed by atoms with Crippen molar-refractivity contribution in [3.05, 3.63) is 53.3 Å². The van der Waals surface area contributed by atoms with Gasteiger partial charge in [-0.05, 0) is 43.5 Å². The van der Waals surface area contributed by atoms with Crippen LogP contribution in [0.25, 0.3) is 17.1 Å². The molecule has 188 valence electrons. The number of rotatable bonds is 5. The van der Waals surface area contributed by atoms with Crippen molar-refractivity contribution in [3.63, 3.8) is 0 Å². The maximum atomic E-state index is 12.5. The SMILES string of the molecule is CC.CC.CC.CCNC(=O)c1nnc(-c2cc(C(C)C)c(O)cc2O)n1-c1ccc(C)cc1. The number of hydrogen-bond donors (Lipinski definition) is 3. The second kappa shape index (κ2) is 15.5. The first kappa shape index (κ1) is 30.7. The number of phenols is 2. The third-order valence-corrected chi connectivity index (χ3v) is 4.50. The molecule has 0 radical (unpaired) electrons. The highest BCUT2D eigenvalue weighted by Gasteiger charge is 2.24. The van der Waals surface area contributed by atoms with Gasteiger partial charge in [0.2, 0.25) is 5.82 Å². The number of hydrogen-bond acceptors (Lipinski definition) is 5. The highest BCUT2D eigenvalue weighted by Crippen LogP contribution is 2.38. The molecule has 3 N–H and O–H groups in total. The van der Waals surface area contributed by atoms with E-state index in [1.165, 1.54) is 6.07 Å². The Labute approximate surface area is 204 Å². The van der Waals surface area contributed by atoms with Gasteiger partial charge >= 0.3 is 0 Å². The van der Waals surface area contributed by atoms with Crippen LogP contribution >= 0.6 is 0 Å². The summed E-state index contributed by atoms with van der Waals surface area (Å²) in [6.07, 6.45) is 0. The summed E-state index contributed by atoms with van der Waals surface area (Å²) in [6.45, 7) is 20.1. The van der Waals surface area contributed by atoms with Crippen molar-refractivity contribution >= 4 is 5.91 Å². The molecule has 0 spiro atoms. The molecule has 7 nitrogen and oxygen atoms in total. The van der Waals surface area contributed by atoms with Crippen LogP contribution < -0.4 is 5.32 Å². The van der Waals surface area contributed by atoms with Crippen LogP contribution in [0.3, 0.4) is 0 Å². The van der Waals surface area contributed by atoms with Crippen molar-refractivity contribution < 1.29 is 15.0 Å². The number of carbonyl (C=O) groups is 1. The van der Waals surface area contributed by atoms with Crippen LogP contribution in [0, 0.1) is 6.92 Å². The lowest BCUT2D eigenvalue weighted by molar-refractivity contribution is 0.0943. The highest BCUT2D eigenvalue weighted by molar-refractivity contribution is 5.92. The Kier molecular flexibility index (Phi) is 14.0. The first-order chi connectivity index (χ1) is 16.3. The number of amides is 1. The number of benzene rings is 2. The summed E-state index contributed by atoms with van der Waals surface area (Å²) in [6, 6.07) is 10.6. The van der Waals surface area contributed by atoms with Gasteiger partial charge in [-0.1, -0.05) is 73.1 Å². The molecule has 2 aromatic carbocycles. The summed E-state index contributed by atoms with van der Waals surface area (Å²) in [7, 11) is 0. The van der Waals surface area contributed by atoms with E-state index in [1.807, 2.05) is 93.5 Å². The molecule has 1 aromatic heterocycles. The Balaban J connectivity index is 0.00000168. The fourth-order valence-corrected chi connectivity index (χ4v) is 3.02. The van der Waals surface area contributed by atoms with Crippen molar-refractivity contribution in [3.8, 4) is 28.6 Å². The zero-order valence-electron chi connectivity index (χ0n) is 22.4. The minimum Gasteiger partial charge on any atom is -0.508 e. The quantitative estimate of drug-likeness (QED) is 0.390. The molecule has 0 aliphatic heterocycles. The minimum absolute atomic E-state index is 0.0154. The van der Waals surface area contributed by atoms with Crippen molar-refractivity contribution in [1.29, 1.82) is 0 Å². The van der Waals surface area contributed by atoms with Crippen LogP contribution in [0.5, 0.6) is 11.5 Å². The van der Waals surface area contributed by atoms with E-state index in [0.29, 0.717) is 29.2 Å². The van der Waals surface area contributed by atoms with Gasteiger partial charge in [-0.2, -0.15) is 0 Å². The molecule has 1 amide bonds. The monoisotopic (exact) mass is 470 g/mol. The van der Waals surface area contributed by atoms with E-state index in [0.717, 1.165) is 5.56 Å². The maximum Gasteiger partial charge on any atom is 0.289 e. The third-order valence-electron chi connectivity index (χ3n) is 4.50. The minimum atomic E-state index is -0.357. The Morgan fingerprint density at radius 1 is 0.941 bits per heavy atom. The van der Waals surface area contributed by atoms with Gasteiger partial charge in [0.15, 0.2) is 5.82 Å². The van der Waals surface area contributed by atoms with Gasteiger partial charge in [0, 0.05) is 18.3 Å². The van der Waals surface area contributed by atoms with E-state index < -0.39 is 0 Å². The van der Waals surface area contributed by atoms with Gasteiger partial charge < -0.3 is 15.5 Å². The van der Waals surface area contributed by atoms with E-state index in [1.54, 1.807) is 10.6 Å². The zero-order valence-corrected chi connectivity index (χ0v) is 22.4. The fourth-order valence-electron chi connectivity index (χ4n) is 3.02. The number of carbonyl (C=O) groups excluding carboxylic acids is 1. The Morgan fingerprint density at radius 2 is 1.50 bits per heavy atom. The van der Waals surface area contributed by atoms with Crippen molar-refractivity contribution in [2.45, 2.75) is 75.2 Å². The number of phenolic OH excluding ortho intramolecular Hbond substituents is 2.